The maximum atomic E-state index is 15.0. The van der Waals surface area contributed by atoms with Crippen molar-refractivity contribution in [3.8, 4) is 0 Å². The minimum atomic E-state index is -4.39. The second-order valence-corrected chi connectivity index (χ2v) is 12.1. The van der Waals surface area contributed by atoms with E-state index in [4.69, 9.17) is 9.88 Å². The molecule has 2 heterocycles. The van der Waals surface area contributed by atoms with Gasteiger partial charge in [-0.25, -0.2) is 28.6 Å². The summed E-state index contributed by atoms with van der Waals surface area (Å²) in [4.78, 5) is 24.3. The number of hydrogen-bond donors (Lipinski definition) is 1. The number of likely N-dealkylation sites (tertiary alicyclic amines) is 1. The van der Waals surface area contributed by atoms with E-state index in [1.165, 1.54) is 24.5 Å². The van der Waals surface area contributed by atoms with E-state index in [9.17, 15) is 17.6 Å². The monoisotopic (exact) mass is 536 g/mol. The third-order valence-electron chi connectivity index (χ3n) is 6.15. The molecule has 0 atom stereocenters. The van der Waals surface area contributed by atoms with Crippen molar-refractivity contribution < 1.29 is 22.3 Å². The Kier molecular flexibility index (Phi) is 8.63. The Hall–Kier alpha value is -2.99. The number of rotatable bonds is 7. The molecule has 12 heteroatoms. The van der Waals surface area contributed by atoms with Gasteiger partial charge in [0, 0.05) is 32.7 Å². The summed E-state index contributed by atoms with van der Waals surface area (Å²) < 4.78 is 46.1. The van der Waals surface area contributed by atoms with Gasteiger partial charge in [-0.05, 0) is 63.1 Å². The number of aromatic nitrogens is 2. The number of hydrogen-bond acceptors (Lipinski definition) is 7. The molecule has 3 rings (SSSR count). The lowest BCUT2D eigenvalue weighted by atomic mass is 9.96. The molecule has 1 saturated heterocycles. The molecule has 1 aliphatic rings. The Bertz CT molecular complexity index is 1210. The van der Waals surface area contributed by atoms with Crippen LogP contribution in [0.15, 0.2) is 30.6 Å². The first kappa shape index (κ1) is 28.6. The molecule has 2 aromatic rings. The van der Waals surface area contributed by atoms with E-state index < -0.39 is 21.6 Å². The Morgan fingerprint density at radius 2 is 1.81 bits per heavy atom. The number of carbonyl (C=O) groups excluding carboxylic acids is 1. The van der Waals surface area contributed by atoms with Crippen molar-refractivity contribution in [2.24, 2.45) is 11.1 Å². The lowest BCUT2D eigenvalue weighted by molar-refractivity contribution is 0.0186. The molecular weight excluding hydrogens is 499 g/mol. The average Bonchev–Trinajstić information content (AvgIpc) is 2.79. The second-order valence-electron chi connectivity index (χ2n) is 10.7. The van der Waals surface area contributed by atoms with Crippen LogP contribution in [0.2, 0.25) is 0 Å². The van der Waals surface area contributed by atoms with Crippen molar-refractivity contribution in [1.29, 1.82) is 0 Å². The van der Waals surface area contributed by atoms with Crippen LogP contribution in [0.3, 0.4) is 0 Å². The molecule has 10 nitrogen and oxygen atoms in total. The lowest BCUT2D eigenvalue weighted by Crippen LogP contribution is -2.43. The van der Waals surface area contributed by atoms with E-state index >= 15 is 0 Å². The summed E-state index contributed by atoms with van der Waals surface area (Å²) in [5.74, 6) is 0.0486. The third kappa shape index (κ3) is 7.51. The Balaban J connectivity index is 1.74. The van der Waals surface area contributed by atoms with Crippen molar-refractivity contribution in [1.82, 2.24) is 14.9 Å². The summed E-state index contributed by atoms with van der Waals surface area (Å²) >= 11 is 0. The molecular formula is C25H37FN6O4S. The number of carbonyl (C=O) groups is 1. The predicted octanol–water partition coefficient (Wildman–Crippen LogP) is 4.16. The molecule has 37 heavy (non-hydrogen) atoms. The molecule has 0 radical (unpaired) electrons. The summed E-state index contributed by atoms with van der Waals surface area (Å²) in [6.45, 7) is 11.2. The number of nitrogens with zero attached hydrogens (tertiary/aromatic N) is 5. The van der Waals surface area contributed by atoms with Gasteiger partial charge in [-0.1, -0.05) is 19.9 Å². The number of ether oxygens (including phenoxy) is 1. The zero-order valence-electron chi connectivity index (χ0n) is 22.3. The first-order valence-electron chi connectivity index (χ1n) is 12.3. The van der Waals surface area contributed by atoms with Gasteiger partial charge in [0.15, 0.2) is 5.82 Å². The number of piperidine rings is 1. The van der Waals surface area contributed by atoms with Gasteiger partial charge in [0.1, 0.15) is 23.6 Å². The maximum absolute atomic E-state index is 15.0. The number of halogens is 1. The van der Waals surface area contributed by atoms with Gasteiger partial charge in [-0.2, -0.15) is 8.42 Å². The molecule has 1 aromatic heterocycles. The molecule has 0 bridgehead atoms. The smallest absolute Gasteiger partial charge is 0.410 e. The standard InChI is InChI=1S/C25H37FN6O4S/c1-17(2)19-7-8-21(20(26)13-19)32(37(27,34)35)23-14-22(28-16-29-23)30(6)15-18-9-11-31(12-10-18)24(33)36-25(3,4)5/h7-8,13-14,16-18H,9-12,15H2,1-6H3,(H2,27,34,35). The number of nitrogens with two attached hydrogens (primary N) is 1. The van der Waals surface area contributed by atoms with Crippen molar-refractivity contribution >= 4 is 33.6 Å². The highest BCUT2D eigenvalue weighted by atomic mass is 32.2. The number of anilines is 3. The van der Waals surface area contributed by atoms with Gasteiger partial charge < -0.3 is 14.5 Å². The number of benzene rings is 1. The van der Waals surface area contributed by atoms with Crippen LogP contribution in [0.1, 0.15) is 58.9 Å². The van der Waals surface area contributed by atoms with E-state index in [0.29, 0.717) is 29.8 Å². The zero-order valence-corrected chi connectivity index (χ0v) is 23.1. The van der Waals surface area contributed by atoms with Gasteiger partial charge in [0.2, 0.25) is 0 Å². The first-order chi connectivity index (χ1) is 17.2. The normalized spacial score (nSPS) is 15.1. The summed E-state index contributed by atoms with van der Waals surface area (Å²) in [5.41, 5.74) is -0.0199. The van der Waals surface area contributed by atoms with Crippen LogP contribution < -0.4 is 14.3 Å². The van der Waals surface area contributed by atoms with E-state index in [1.54, 1.807) is 11.0 Å². The molecule has 1 fully saturated rings. The lowest BCUT2D eigenvalue weighted by Gasteiger charge is -2.35. The van der Waals surface area contributed by atoms with Crippen LogP contribution in [0.4, 0.5) is 26.5 Å². The molecule has 1 amide bonds. The Morgan fingerprint density at radius 3 is 2.35 bits per heavy atom. The SMILES string of the molecule is CC(C)c1ccc(N(c2cc(N(C)CC3CCN(C(=O)OC(C)(C)C)CC3)ncn2)S(N)(=O)=O)c(F)c1. The minimum absolute atomic E-state index is 0.0599. The van der Waals surface area contributed by atoms with Crippen LogP contribution in [0.25, 0.3) is 0 Å². The van der Waals surface area contributed by atoms with Gasteiger partial charge in [-0.15, -0.1) is 0 Å². The van der Waals surface area contributed by atoms with Crippen LogP contribution in [-0.4, -0.2) is 61.7 Å². The third-order valence-corrected chi connectivity index (χ3v) is 7.04. The fourth-order valence-electron chi connectivity index (χ4n) is 4.20. The summed E-state index contributed by atoms with van der Waals surface area (Å²) in [6, 6.07) is 5.82. The summed E-state index contributed by atoms with van der Waals surface area (Å²) in [7, 11) is -2.55. The quantitative estimate of drug-likeness (QED) is 0.564. The highest BCUT2D eigenvalue weighted by molar-refractivity contribution is 7.90. The van der Waals surface area contributed by atoms with Crippen molar-refractivity contribution in [2.75, 3.05) is 35.9 Å². The second kappa shape index (κ2) is 11.2. The molecule has 0 spiro atoms. The highest BCUT2D eigenvalue weighted by Gasteiger charge is 2.29. The van der Waals surface area contributed by atoms with E-state index in [2.05, 4.69) is 9.97 Å². The van der Waals surface area contributed by atoms with Crippen molar-refractivity contribution in [3.63, 3.8) is 0 Å². The highest BCUT2D eigenvalue weighted by Crippen LogP contribution is 2.32. The predicted molar refractivity (Wildman–Crippen MR) is 142 cm³/mol. The van der Waals surface area contributed by atoms with E-state index in [-0.39, 0.29) is 29.4 Å². The molecule has 0 saturated carbocycles. The Labute approximate surface area is 218 Å². The summed E-state index contributed by atoms with van der Waals surface area (Å²) in [6.07, 6.45) is 2.50. The van der Waals surface area contributed by atoms with E-state index in [1.807, 2.05) is 46.6 Å². The molecule has 1 aromatic carbocycles. The van der Waals surface area contributed by atoms with Gasteiger partial charge in [0.05, 0.1) is 5.69 Å². The zero-order chi connectivity index (χ0) is 27.5. The van der Waals surface area contributed by atoms with Gasteiger partial charge in [0.25, 0.3) is 0 Å². The molecule has 0 aliphatic carbocycles. The van der Waals surface area contributed by atoms with Crippen LogP contribution in [-0.2, 0) is 14.9 Å². The fourth-order valence-corrected chi connectivity index (χ4v) is 4.98. The molecule has 1 aliphatic heterocycles. The Morgan fingerprint density at radius 1 is 1.19 bits per heavy atom. The van der Waals surface area contributed by atoms with E-state index in [0.717, 1.165) is 18.4 Å². The van der Waals surface area contributed by atoms with Crippen LogP contribution in [0.5, 0.6) is 0 Å². The van der Waals surface area contributed by atoms with Gasteiger partial charge in [-0.3, -0.25) is 0 Å². The topological polar surface area (TPSA) is 122 Å². The van der Waals surface area contributed by atoms with Crippen LogP contribution in [0, 0.1) is 11.7 Å². The summed E-state index contributed by atoms with van der Waals surface area (Å²) in [5, 5.41) is 5.48. The molecule has 2 N–H and O–H groups in total. The van der Waals surface area contributed by atoms with Gasteiger partial charge >= 0.3 is 16.3 Å². The fraction of sp³-hybridized carbons (Fsp3) is 0.560. The molecule has 0 unspecified atom stereocenters. The maximum Gasteiger partial charge on any atom is 0.410 e. The minimum Gasteiger partial charge on any atom is -0.444 e. The average molecular weight is 537 g/mol. The first-order valence-corrected chi connectivity index (χ1v) is 13.8. The number of amides is 1. The molecule has 204 valence electrons. The van der Waals surface area contributed by atoms with Crippen molar-refractivity contribution in [2.45, 2.75) is 59.0 Å². The van der Waals surface area contributed by atoms with Crippen LogP contribution >= 0.6 is 0 Å². The largest absolute Gasteiger partial charge is 0.444 e. The van der Waals surface area contributed by atoms with Crippen molar-refractivity contribution in [3.05, 3.63) is 42.0 Å².